The van der Waals surface area contributed by atoms with Crippen LogP contribution in [0.4, 0.5) is 0 Å². The van der Waals surface area contributed by atoms with Crippen LogP contribution in [-0.4, -0.2) is 62.1 Å². The van der Waals surface area contributed by atoms with E-state index in [-0.39, 0.29) is 0 Å². The molecule has 0 aromatic heterocycles. The SMILES string of the molecule is CN(C)Cc1cc(O)c(CN(C)C)c(CN(C)C)c1. The highest BCUT2D eigenvalue weighted by molar-refractivity contribution is 5.43. The topological polar surface area (TPSA) is 30.0 Å². The molecule has 0 aliphatic rings. The molecule has 0 saturated heterocycles. The molecule has 0 radical (unpaired) electrons. The Balaban J connectivity index is 3.13. The molecular formula is C15H27N3O. The van der Waals surface area contributed by atoms with Gasteiger partial charge in [-0.2, -0.15) is 0 Å². The first-order valence-corrected chi connectivity index (χ1v) is 6.57. The van der Waals surface area contributed by atoms with Gasteiger partial charge in [0, 0.05) is 25.2 Å². The minimum Gasteiger partial charge on any atom is -0.508 e. The lowest BCUT2D eigenvalue weighted by molar-refractivity contribution is 0.365. The highest BCUT2D eigenvalue weighted by Gasteiger charge is 2.12. The fourth-order valence-corrected chi connectivity index (χ4v) is 2.22. The van der Waals surface area contributed by atoms with Crippen LogP contribution < -0.4 is 0 Å². The Kier molecular flexibility index (Phi) is 5.79. The van der Waals surface area contributed by atoms with Crippen molar-refractivity contribution >= 4 is 0 Å². The Hall–Kier alpha value is -1.10. The Labute approximate surface area is 117 Å². The summed E-state index contributed by atoms with van der Waals surface area (Å²) in [6, 6.07) is 4.09. The molecular weight excluding hydrogens is 238 g/mol. The van der Waals surface area contributed by atoms with Crippen molar-refractivity contribution in [3.05, 3.63) is 28.8 Å². The lowest BCUT2D eigenvalue weighted by atomic mass is 10.0. The number of rotatable bonds is 6. The van der Waals surface area contributed by atoms with E-state index in [2.05, 4.69) is 34.9 Å². The van der Waals surface area contributed by atoms with Crippen molar-refractivity contribution in [2.45, 2.75) is 19.6 Å². The predicted molar refractivity (Wildman–Crippen MR) is 80.3 cm³/mol. The molecule has 1 rings (SSSR count). The number of phenolic OH excluding ortho intramolecular Hbond substituents is 1. The van der Waals surface area contributed by atoms with Gasteiger partial charge < -0.3 is 19.8 Å². The zero-order chi connectivity index (χ0) is 14.6. The monoisotopic (exact) mass is 265 g/mol. The molecule has 108 valence electrons. The maximum absolute atomic E-state index is 10.3. The number of hydrogen-bond donors (Lipinski definition) is 1. The van der Waals surface area contributed by atoms with Gasteiger partial charge >= 0.3 is 0 Å². The highest BCUT2D eigenvalue weighted by atomic mass is 16.3. The summed E-state index contributed by atoms with van der Waals surface area (Å²) in [5.41, 5.74) is 3.39. The van der Waals surface area contributed by atoms with Gasteiger partial charge in [-0.1, -0.05) is 6.07 Å². The van der Waals surface area contributed by atoms with Gasteiger partial charge in [0.05, 0.1) is 0 Å². The van der Waals surface area contributed by atoms with E-state index in [1.54, 1.807) is 0 Å². The molecule has 0 bridgehead atoms. The summed E-state index contributed by atoms with van der Waals surface area (Å²) in [5, 5.41) is 10.3. The molecule has 1 aromatic rings. The average Bonchev–Trinajstić information content (AvgIpc) is 2.21. The molecule has 0 amide bonds. The van der Waals surface area contributed by atoms with E-state index in [0.29, 0.717) is 5.75 Å². The largest absolute Gasteiger partial charge is 0.508 e. The van der Waals surface area contributed by atoms with Crippen LogP contribution in [0.1, 0.15) is 16.7 Å². The Bertz CT molecular complexity index is 414. The minimum atomic E-state index is 0.407. The van der Waals surface area contributed by atoms with Crippen LogP contribution in [0.25, 0.3) is 0 Å². The first-order chi connectivity index (χ1) is 8.79. The summed E-state index contributed by atoms with van der Waals surface area (Å²) in [6.45, 7) is 2.45. The van der Waals surface area contributed by atoms with Crippen LogP contribution in [-0.2, 0) is 19.6 Å². The van der Waals surface area contributed by atoms with Crippen LogP contribution in [0, 0.1) is 0 Å². The molecule has 0 unspecified atom stereocenters. The van der Waals surface area contributed by atoms with Crippen molar-refractivity contribution < 1.29 is 5.11 Å². The summed E-state index contributed by atoms with van der Waals surface area (Å²) in [4.78, 5) is 6.33. The fraction of sp³-hybridized carbons (Fsp3) is 0.600. The van der Waals surface area contributed by atoms with E-state index in [1.807, 2.05) is 34.3 Å². The molecule has 1 aromatic carbocycles. The average molecular weight is 265 g/mol. The maximum Gasteiger partial charge on any atom is 0.120 e. The van der Waals surface area contributed by atoms with Crippen molar-refractivity contribution in [1.82, 2.24) is 14.7 Å². The zero-order valence-corrected chi connectivity index (χ0v) is 13.1. The van der Waals surface area contributed by atoms with Crippen molar-refractivity contribution in [2.24, 2.45) is 0 Å². The number of benzene rings is 1. The maximum atomic E-state index is 10.3. The third kappa shape index (κ3) is 5.19. The Morgan fingerprint density at radius 2 is 1.32 bits per heavy atom. The minimum absolute atomic E-state index is 0.407. The summed E-state index contributed by atoms with van der Waals surface area (Å²) < 4.78 is 0. The normalized spacial score (nSPS) is 11.8. The fourth-order valence-electron chi connectivity index (χ4n) is 2.22. The van der Waals surface area contributed by atoms with E-state index in [1.165, 1.54) is 5.56 Å². The number of phenols is 1. The molecule has 19 heavy (non-hydrogen) atoms. The quantitative estimate of drug-likeness (QED) is 0.846. The summed E-state index contributed by atoms with van der Waals surface area (Å²) in [5.74, 6) is 0.407. The summed E-state index contributed by atoms with van der Waals surface area (Å²) >= 11 is 0. The Morgan fingerprint density at radius 1 is 0.789 bits per heavy atom. The van der Waals surface area contributed by atoms with Crippen LogP contribution in [0.3, 0.4) is 0 Å². The highest BCUT2D eigenvalue weighted by Crippen LogP contribution is 2.26. The summed E-state index contributed by atoms with van der Waals surface area (Å²) in [6.07, 6.45) is 0. The van der Waals surface area contributed by atoms with Gasteiger partial charge in [0.15, 0.2) is 0 Å². The number of hydrogen-bond acceptors (Lipinski definition) is 4. The molecule has 4 nitrogen and oxygen atoms in total. The lowest BCUT2D eigenvalue weighted by Crippen LogP contribution is -2.18. The molecule has 0 atom stereocenters. The van der Waals surface area contributed by atoms with Crippen LogP contribution in [0.2, 0.25) is 0 Å². The van der Waals surface area contributed by atoms with E-state index in [4.69, 9.17) is 0 Å². The number of nitrogens with zero attached hydrogens (tertiary/aromatic N) is 3. The van der Waals surface area contributed by atoms with E-state index in [0.717, 1.165) is 30.8 Å². The molecule has 4 heteroatoms. The smallest absolute Gasteiger partial charge is 0.120 e. The van der Waals surface area contributed by atoms with Gasteiger partial charge in [0.1, 0.15) is 5.75 Å². The molecule has 1 N–H and O–H groups in total. The number of aromatic hydroxyl groups is 1. The van der Waals surface area contributed by atoms with Gasteiger partial charge in [-0.15, -0.1) is 0 Å². The molecule has 0 heterocycles. The standard InChI is InChI=1S/C15H27N3O/c1-16(2)9-12-7-13(10-17(3)4)14(11-18(5)6)15(19)8-12/h7-8,19H,9-11H2,1-6H3. The molecule has 0 aliphatic carbocycles. The van der Waals surface area contributed by atoms with Gasteiger partial charge in [-0.25, -0.2) is 0 Å². The van der Waals surface area contributed by atoms with Crippen molar-refractivity contribution in [3.63, 3.8) is 0 Å². The predicted octanol–water partition coefficient (Wildman–Crippen LogP) is 1.58. The Morgan fingerprint density at radius 3 is 1.79 bits per heavy atom. The van der Waals surface area contributed by atoms with Crippen molar-refractivity contribution in [2.75, 3.05) is 42.3 Å². The van der Waals surface area contributed by atoms with E-state index >= 15 is 0 Å². The molecule has 0 aliphatic heterocycles. The van der Waals surface area contributed by atoms with Crippen molar-refractivity contribution in [1.29, 1.82) is 0 Å². The summed E-state index contributed by atoms with van der Waals surface area (Å²) in [7, 11) is 12.2. The van der Waals surface area contributed by atoms with Crippen LogP contribution in [0.5, 0.6) is 5.75 Å². The van der Waals surface area contributed by atoms with Crippen molar-refractivity contribution in [3.8, 4) is 5.75 Å². The van der Waals surface area contributed by atoms with Gasteiger partial charge in [-0.3, -0.25) is 0 Å². The molecule has 0 spiro atoms. The molecule has 0 fully saturated rings. The second kappa shape index (κ2) is 6.89. The molecule has 0 saturated carbocycles. The second-order valence-corrected chi connectivity index (χ2v) is 5.97. The van der Waals surface area contributed by atoms with Gasteiger partial charge in [0.25, 0.3) is 0 Å². The van der Waals surface area contributed by atoms with Gasteiger partial charge in [0.2, 0.25) is 0 Å². The first-order valence-electron chi connectivity index (χ1n) is 6.57. The van der Waals surface area contributed by atoms with Crippen LogP contribution >= 0.6 is 0 Å². The van der Waals surface area contributed by atoms with E-state index in [9.17, 15) is 5.11 Å². The van der Waals surface area contributed by atoms with Gasteiger partial charge in [-0.05, 0) is 59.5 Å². The lowest BCUT2D eigenvalue weighted by Gasteiger charge is -2.20. The second-order valence-electron chi connectivity index (χ2n) is 5.97. The van der Waals surface area contributed by atoms with Crippen LogP contribution in [0.15, 0.2) is 12.1 Å². The zero-order valence-electron chi connectivity index (χ0n) is 13.1. The third-order valence-corrected chi connectivity index (χ3v) is 2.84. The third-order valence-electron chi connectivity index (χ3n) is 2.84. The van der Waals surface area contributed by atoms with E-state index < -0.39 is 0 Å². The first kappa shape index (κ1) is 16.0.